The SMILES string of the molecule is C/C=C/c1cnc2c(c1)C(=O)N([C@@H](C)CO)C[C@@H](C)[C@@H](CN(C)Cc1ccc3c(c1)OCO3)O2. The van der Waals surface area contributed by atoms with Crippen molar-refractivity contribution in [3.63, 3.8) is 0 Å². The second-order valence-electron chi connectivity index (χ2n) is 9.13. The Hall–Kier alpha value is -3.10. The highest BCUT2D eigenvalue weighted by Gasteiger charge is 2.34. The molecule has 1 aromatic heterocycles. The minimum absolute atomic E-state index is 0.0299. The number of nitrogens with zero attached hydrogens (tertiary/aromatic N) is 3. The number of benzene rings is 1. The van der Waals surface area contributed by atoms with Crippen LogP contribution in [0.25, 0.3) is 6.08 Å². The molecule has 0 fully saturated rings. The van der Waals surface area contributed by atoms with Gasteiger partial charge in [0.25, 0.3) is 5.91 Å². The molecule has 0 spiro atoms. The number of carbonyl (C=O) groups is 1. The molecule has 0 bridgehead atoms. The summed E-state index contributed by atoms with van der Waals surface area (Å²) in [5.41, 5.74) is 2.37. The number of likely N-dealkylation sites (N-methyl/N-ethyl adjacent to an activating group) is 1. The maximum atomic E-state index is 13.4. The van der Waals surface area contributed by atoms with E-state index in [1.54, 1.807) is 11.1 Å². The van der Waals surface area contributed by atoms with Gasteiger partial charge in [0, 0.05) is 31.7 Å². The second kappa shape index (κ2) is 10.4. The summed E-state index contributed by atoms with van der Waals surface area (Å²) in [5, 5.41) is 9.80. The van der Waals surface area contributed by atoms with E-state index in [0.717, 1.165) is 22.6 Å². The van der Waals surface area contributed by atoms with Crippen LogP contribution in [0.4, 0.5) is 0 Å². The molecule has 0 radical (unpaired) electrons. The largest absolute Gasteiger partial charge is 0.472 e. The predicted octanol–water partition coefficient (Wildman–Crippen LogP) is 3.20. The van der Waals surface area contributed by atoms with Crippen molar-refractivity contribution in [3.8, 4) is 17.4 Å². The average molecular weight is 468 g/mol. The van der Waals surface area contributed by atoms with Crippen molar-refractivity contribution in [1.29, 1.82) is 0 Å². The van der Waals surface area contributed by atoms with Crippen LogP contribution >= 0.6 is 0 Å². The molecule has 34 heavy (non-hydrogen) atoms. The van der Waals surface area contributed by atoms with Crippen molar-refractivity contribution in [2.45, 2.75) is 39.5 Å². The average Bonchev–Trinajstić information content (AvgIpc) is 3.29. The van der Waals surface area contributed by atoms with E-state index in [1.165, 1.54) is 0 Å². The number of ether oxygens (including phenoxy) is 3. The van der Waals surface area contributed by atoms with E-state index in [9.17, 15) is 9.90 Å². The van der Waals surface area contributed by atoms with E-state index in [-0.39, 0.29) is 37.4 Å². The van der Waals surface area contributed by atoms with Crippen LogP contribution < -0.4 is 14.2 Å². The summed E-state index contributed by atoms with van der Waals surface area (Å²) in [6, 6.07) is 7.48. The first-order chi connectivity index (χ1) is 16.4. The Morgan fingerprint density at radius 3 is 2.85 bits per heavy atom. The summed E-state index contributed by atoms with van der Waals surface area (Å²) in [6.07, 6.45) is 5.32. The smallest absolute Gasteiger partial charge is 0.259 e. The Balaban J connectivity index is 1.57. The number of aliphatic hydroxyl groups is 1. The maximum absolute atomic E-state index is 13.4. The van der Waals surface area contributed by atoms with Gasteiger partial charge in [0.15, 0.2) is 11.5 Å². The maximum Gasteiger partial charge on any atom is 0.259 e. The van der Waals surface area contributed by atoms with Crippen molar-refractivity contribution >= 4 is 12.0 Å². The normalized spacial score (nSPS) is 20.8. The zero-order chi connectivity index (χ0) is 24.2. The molecule has 2 aliphatic heterocycles. The van der Waals surface area contributed by atoms with Crippen LogP contribution in [0.2, 0.25) is 0 Å². The van der Waals surface area contributed by atoms with Gasteiger partial charge >= 0.3 is 0 Å². The lowest BCUT2D eigenvalue weighted by atomic mass is 9.99. The third-order valence-electron chi connectivity index (χ3n) is 6.28. The van der Waals surface area contributed by atoms with E-state index in [2.05, 4.69) is 16.8 Å². The van der Waals surface area contributed by atoms with Crippen molar-refractivity contribution in [3.05, 3.63) is 53.2 Å². The third-order valence-corrected chi connectivity index (χ3v) is 6.28. The van der Waals surface area contributed by atoms with Crippen LogP contribution in [0.5, 0.6) is 17.4 Å². The molecule has 0 saturated heterocycles. The molecule has 1 N–H and O–H groups in total. The highest BCUT2D eigenvalue weighted by Crippen LogP contribution is 2.33. The van der Waals surface area contributed by atoms with Crippen molar-refractivity contribution < 1.29 is 24.1 Å². The fourth-order valence-corrected chi connectivity index (χ4v) is 4.34. The van der Waals surface area contributed by atoms with Crippen LogP contribution in [0.3, 0.4) is 0 Å². The molecule has 3 atom stereocenters. The summed E-state index contributed by atoms with van der Waals surface area (Å²) in [7, 11) is 2.04. The molecular weight excluding hydrogens is 434 g/mol. The van der Waals surface area contributed by atoms with Gasteiger partial charge in [-0.1, -0.05) is 25.1 Å². The number of aromatic nitrogens is 1. The van der Waals surface area contributed by atoms with Gasteiger partial charge in [0.1, 0.15) is 11.7 Å². The number of amides is 1. The highest BCUT2D eigenvalue weighted by atomic mass is 16.7. The minimum Gasteiger partial charge on any atom is -0.472 e. The van der Waals surface area contributed by atoms with Crippen LogP contribution in [0, 0.1) is 5.92 Å². The molecule has 1 amide bonds. The lowest BCUT2D eigenvalue weighted by Crippen LogP contribution is -2.49. The summed E-state index contributed by atoms with van der Waals surface area (Å²) in [6.45, 7) is 7.83. The number of pyridine rings is 1. The van der Waals surface area contributed by atoms with Crippen LogP contribution in [0.1, 0.15) is 42.3 Å². The molecule has 2 aliphatic rings. The number of hydrogen-bond donors (Lipinski definition) is 1. The van der Waals surface area contributed by atoms with E-state index in [4.69, 9.17) is 14.2 Å². The van der Waals surface area contributed by atoms with Crippen LogP contribution in [-0.2, 0) is 6.54 Å². The molecule has 8 nitrogen and oxygen atoms in total. The fourth-order valence-electron chi connectivity index (χ4n) is 4.34. The van der Waals surface area contributed by atoms with Gasteiger partial charge in [-0.2, -0.15) is 0 Å². The zero-order valence-corrected chi connectivity index (χ0v) is 20.2. The highest BCUT2D eigenvalue weighted by molar-refractivity contribution is 5.97. The predicted molar refractivity (Wildman–Crippen MR) is 129 cm³/mol. The molecule has 0 saturated carbocycles. The first kappa shape index (κ1) is 24.0. The number of rotatable bonds is 7. The third kappa shape index (κ3) is 5.18. The first-order valence-corrected chi connectivity index (χ1v) is 11.7. The zero-order valence-electron chi connectivity index (χ0n) is 20.2. The van der Waals surface area contributed by atoms with E-state index < -0.39 is 0 Å². The van der Waals surface area contributed by atoms with Crippen LogP contribution in [-0.4, -0.2) is 71.5 Å². The number of allylic oxidation sites excluding steroid dienone is 1. The molecule has 182 valence electrons. The standard InChI is InChI=1S/C26H33N3O5/c1-5-6-19-9-21-25(27-11-19)34-24(17(2)12-29(26(21)31)18(3)15-30)14-28(4)13-20-7-8-22-23(10-20)33-16-32-22/h5-11,17-18,24,30H,12-16H2,1-4H3/b6-5+/t17-,18+,24-/m1/s1. The monoisotopic (exact) mass is 467 g/mol. The Morgan fingerprint density at radius 1 is 1.29 bits per heavy atom. The molecule has 0 unspecified atom stereocenters. The summed E-state index contributed by atoms with van der Waals surface area (Å²) < 4.78 is 17.3. The molecule has 2 aromatic rings. The van der Waals surface area contributed by atoms with Gasteiger partial charge in [0.05, 0.1) is 12.6 Å². The summed E-state index contributed by atoms with van der Waals surface area (Å²) in [5.74, 6) is 1.73. The van der Waals surface area contributed by atoms with Crippen molar-refractivity contribution in [1.82, 2.24) is 14.8 Å². The number of carbonyl (C=O) groups excluding carboxylic acids is 1. The number of aliphatic hydroxyl groups excluding tert-OH is 1. The van der Waals surface area contributed by atoms with Crippen molar-refractivity contribution in [2.24, 2.45) is 5.92 Å². The number of hydrogen-bond acceptors (Lipinski definition) is 7. The molecule has 4 rings (SSSR count). The fraction of sp³-hybridized carbons (Fsp3) is 0.462. The molecule has 1 aromatic carbocycles. The Labute approximate surface area is 200 Å². The summed E-state index contributed by atoms with van der Waals surface area (Å²) in [4.78, 5) is 21.8. The van der Waals surface area contributed by atoms with E-state index in [0.29, 0.717) is 31.1 Å². The lowest BCUT2D eigenvalue weighted by molar-refractivity contribution is 0.0325. The van der Waals surface area contributed by atoms with Gasteiger partial charge in [-0.15, -0.1) is 0 Å². The molecule has 3 heterocycles. The van der Waals surface area contributed by atoms with Gasteiger partial charge in [-0.25, -0.2) is 4.98 Å². The van der Waals surface area contributed by atoms with E-state index >= 15 is 0 Å². The second-order valence-corrected chi connectivity index (χ2v) is 9.13. The van der Waals surface area contributed by atoms with Gasteiger partial charge in [-0.3, -0.25) is 9.69 Å². The summed E-state index contributed by atoms with van der Waals surface area (Å²) >= 11 is 0. The minimum atomic E-state index is -0.307. The van der Waals surface area contributed by atoms with Crippen LogP contribution in [0.15, 0.2) is 36.5 Å². The van der Waals surface area contributed by atoms with Gasteiger partial charge in [-0.05, 0) is 50.2 Å². The molecule has 0 aliphatic carbocycles. The van der Waals surface area contributed by atoms with Crippen molar-refractivity contribution in [2.75, 3.05) is 33.5 Å². The van der Waals surface area contributed by atoms with Gasteiger partial charge in [0.2, 0.25) is 12.7 Å². The Morgan fingerprint density at radius 2 is 2.09 bits per heavy atom. The number of fused-ring (bicyclic) bond motifs is 2. The topological polar surface area (TPSA) is 84.4 Å². The lowest BCUT2D eigenvalue weighted by Gasteiger charge is -2.37. The molecule has 8 heteroatoms. The quantitative estimate of drug-likeness (QED) is 0.669. The first-order valence-electron chi connectivity index (χ1n) is 11.7. The van der Waals surface area contributed by atoms with Gasteiger partial charge < -0.3 is 24.2 Å². The Kier molecular flexibility index (Phi) is 7.38. The Bertz CT molecular complexity index is 1060. The van der Waals surface area contributed by atoms with E-state index in [1.807, 2.05) is 57.3 Å². The molecular formula is C26H33N3O5.